The first-order valence-corrected chi connectivity index (χ1v) is 8.91. The van der Waals surface area contributed by atoms with Crippen LogP contribution in [0.3, 0.4) is 0 Å². The molecule has 3 rings (SSSR count). The SMILES string of the molecule is Cl.NCC1CCCC1NC(=O)c1ccc(=O)n(Cc2ccccc2Cl)c1. The van der Waals surface area contributed by atoms with E-state index in [1.54, 1.807) is 18.3 Å². The third kappa shape index (κ3) is 4.67. The maximum atomic E-state index is 12.6. The largest absolute Gasteiger partial charge is 0.349 e. The monoisotopic (exact) mass is 395 g/mol. The van der Waals surface area contributed by atoms with Crippen LogP contribution in [0.2, 0.25) is 5.02 Å². The Morgan fingerprint density at radius 1 is 1.23 bits per heavy atom. The van der Waals surface area contributed by atoms with E-state index in [0.717, 1.165) is 24.8 Å². The number of hydrogen-bond donors (Lipinski definition) is 2. The Labute approximate surface area is 164 Å². The van der Waals surface area contributed by atoms with Gasteiger partial charge in [-0.1, -0.05) is 36.2 Å². The topological polar surface area (TPSA) is 77.1 Å². The van der Waals surface area contributed by atoms with Crippen molar-refractivity contribution in [3.05, 3.63) is 69.1 Å². The minimum Gasteiger partial charge on any atom is -0.349 e. The third-order valence-electron chi connectivity index (χ3n) is 4.82. The van der Waals surface area contributed by atoms with Crippen LogP contribution in [0.25, 0.3) is 0 Å². The van der Waals surface area contributed by atoms with Crippen molar-refractivity contribution in [1.82, 2.24) is 9.88 Å². The first-order chi connectivity index (χ1) is 12.1. The summed E-state index contributed by atoms with van der Waals surface area (Å²) in [4.78, 5) is 24.7. The molecular weight excluding hydrogens is 373 g/mol. The number of carbonyl (C=O) groups is 1. The van der Waals surface area contributed by atoms with Gasteiger partial charge in [0, 0.05) is 23.3 Å². The number of carbonyl (C=O) groups excluding carboxylic acids is 1. The van der Waals surface area contributed by atoms with Gasteiger partial charge in [0.1, 0.15) is 0 Å². The third-order valence-corrected chi connectivity index (χ3v) is 5.19. The Balaban J connectivity index is 0.00000243. The van der Waals surface area contributed by atoms with E-state index < -0.39 is 0 Å². The number of aromatic nitrogens is 1. The lowest BCUT2D eigenvalue weighted by molar-refractivity contribution is 0.0928. The Bertz CT molecular complexity index is 822. The van der Waals surface area contributed by atoms with Gasteiger partial charge in [0.15, 0.2) is 0 Å². The van der Waals surface area contributed by atoms with Crippen molar-refractivity contribution in [2.45, 2.75) is 31.8 Å². The molecule has 140 valence electrons. The van der Waals surface area contributed by atoms with Gasteiger partial charge in [-0.05, 0) is 43.0 Å². The van der Waals surface area contributed by atoms with Gasteiger partial charge < -0.3 is 15.6 Å². The van der Waals surface area contributed by atoms with Crippen molar-refractivity contribution in [3.8, 4) is 0 Å². The number of nitrogens with zero attached hydrogens (tertiary/aromatic N) is 1. The molecule has 7 heteroatoms. The van der Waals surface area contributed by atoms with Crippen molar-refractivity contribution in [2.75, 3.05) is 6.54 Å². The number of amides is 1. The molecule has 1 saturated carbocycles. The van der Waals surface area contributed by atoms with Crippen LogP contribution in [0.15, 0.2) is 47.4 Å². The van der Waals surface area contributed by atoms with E-state index in [1.807, 2.05) is 18.2 Å². The summed E-state index contributed by atoms with van der Waals surface area (Å²) in [6.45, 7) is 0.908. The van der Waals surface area contributed by atoms with Crippen LogP contribution in [-0.2, 0) is 6.54 Å². The summed E-state index contributed by atoms with van der Waals surface area (Å²) in [5.41, 5.74) is 6.91. The zero-order valence-electron chi connectivity index (χ0n) is 14.4. The fourth-order valence-corrected chi connectivity index (χ4v) is 3.56. The van der Waals surface area contributed by atoms with Gasteiger partial charge in [-0.15, -0.1) is 12.4 Å². The van der Waals surface area contributed by atoms with E-state index >= 15 is 0 Å². The fraction of sp³-hybridized carbons (Fsp3) is 0.368. The van der Waals surface area contributed by atoms with E-state index in [4.69, 9.17) is 17.3 Å². The molecule has 26 heavy (non-hydrogen) atoms. The van der Waals surface area contributed by atoms with Crippen LogP contribution in [-0.4, -0.2) is 23.1 Å². The second-order valence-corrected chi connectivity index (χ2v) is 6.89. The number of hydrogen-bond acceptors (Lipinski definition) is 3. The van der Waals surface area contributed by atoms with Gasteiger partial charge in [-0.25, -0.2) is 0 Å². The highest BCUT2D eigenvalue weighted by Gasteiger charge is 2.27. The second-order valence-electron chi connectivity index (χ2n) is 6.48. The molecule has 2 atom stereocenters. The molecule has 1 aliphatic rings. The molecule has 1 aromatic heterocycles. The number of nitrogens with one attached hydrogen (secondary N) is 1. The lowest BCUT2D eigenvalue weighted by Gasteiger charge is -2.19. The fourth-order valence-electron chi connectivity index (χ4n) is 3.36. The van der Waals surface area contributed by atoms with Gasteiger partial charge in [0.05, 0.1) is 12.1 Å². The summed E-state index contributed by atoms with van der Waals surface area (Å²) in [5.74, 6) is 0.163. The highest BCUT2D eigenvalue weighted by molar-refractivity contribution is 6.31. The minimum absolute atomic E-state index is 0. The Kier molecular flexibility index (Phi) is 7.26. The van der Waals surface area contributed by atoms with E-state index in [1.165, 1.54) is 10.6 Å². The van der Waals surface area contributed by atoms with E-state index in [-0.39, 0.29) is 29.9 Å². The second kappa shape index (κ2) is 9.21. The highest BCUT2D eigenvalue weighted by Crippen LogP contribution is 2.24. The van der Waals surface area contributed by atoms with Crippen LogP contribution < -0.4 is 16.6 Å². The Morgan fingerprint density at radius 2 is 2.00 bits per heavy atom. The molecule has 0 spiro atoms. The van der Waals surface area contributed by atoms with Crippen LogP contribution in [0.5, 0.6) is 0 Å². The quantitative estimate of drug-likeness (QED) is 0.816. The van der Waals surface area contributed by atoms with Crippen LogP contribution in [0.1, 0.15) is 35.2 Å². The van der Waals surface area contributed by atoms with Crippen LogP contribution >= 0.6 is 24.0 Å². The first-order valence-electron chi connectivity index (χ1n) is 8.53. The predicted octanol–water partition coefficient (Wildman–Crippen LogP) is 2.83. The average molecular weight is 396 g/mol. The van der Waals surface area contributed by atoms with Crippen molar-refractivity contribution >= 4 is 29.9 Å². The summed E-state index contributed by atoms with van der Waals surface area (Å²) in [7, 11) is 0. The zero-order chi connectivity index (χ0) is 17.8. The summed E-state index contributed by atoms with van der Waals surface area (Å²) in [5, 5.41) is 3.66. The molecule has 0 aliphatic heterocycles. The molecule has 0 radical (unpaired) electrons. The molecule has 2 unspecified atom stereocenters. The molecule has 1 aromatic carbocycles. The number of rotatable bonds is 5. The number of benzene rings is 1. The summed E-state index contributed by atoms with van der Waals surface area (Å²) in [6, 6.07) is 10.5. The standard InChI is InChI=1S/C19H22ClN3O2.ClH/c20-16-6-2-1-4-14(16)11-23-12-15(8-9-18(23)24)19(25)22-17-7-3-5-13(17)10-21;/h1-2,4,6,8-9,12-13,17H,3,5,7,10-11,21H2,(H,22,25);1H. The lowest BCUT2D eigenvalue weighted by Crippen LogP contribution is -2.40. The summed E-state index contributed by atoms with van der Waals surface area (Å²) in [6.07, 6.45) is 4.67. The molecule has 1 fully saturated rings. The maximum absolute atomic E-state index is 12.6. The molecule has 2 aromatic rings. The van der Waals surface area contributed by atoms with Gasteiger partial charge in [0.2, 0.25) is 0 Å². The summed E-state index contributed by atoms with van der Waals surface area (Å²) >= 11 is 6.17. The van der Waals surface area contributed by atoms with E-state index in [2.05, 4.69) is 5.32 Å². The van der Waals surface area contributed by atoms with E-state index in [9.17, 15) is 9.59 Å². The average Bonchev–Trinajstić information content (AvgIpc) is 3.05. The number of halogens is 2. The van der Waals surface area contributed by atoms with Crippen molar-refractivity contribution in [2.24, 2.45) is 11.7 Å². The molecule has 0 saturated heterocycles. The van der Waals surface area contributed by atoms with Gasteiger partial charge in [0.25, 0.3) is 11.5 Å². The highest BCUT2D eigenvalue weighted by atomic mass is 35.5. The van der Waals surface area contributed by atoms with Gasteiger partial charge in [-0.3, -0.25) is 9.59 Å². The minimum atomic E-state index is -0.169. The van der Waals surface area contributed by atoms with E-state index in [0.29, 0.717) is 29.6 Å². The van der Waals surface area contributed by atoms with Crippen molar-refractivity contribution in [3.63, 3.8) is 0 Å². The maximum Gasteiger partial charge on any atom is 0.252 e. The molecule has 1 aliphatic carbocycles. The normalized spacial score (nSPS) is 19.0. The van der Waals surface area contributed by atoms with Crippen LogP contribution in [0.4, 0.5) is 0 Å². The van der Waals surface area contributed by atoms with Gasteiger partial charge >= 0.3 is 0 Å². The Hall–Kier alpha value is -1.82. The molecule has 3 N–H and O–H groups in total. The predicted molar refractivity (Wildman–Crippen MR) is 106 cm³/mol. The number of pyridine rings is 1. The van der Waals surface area contributed by atoms with Gasteiger partial charge in [-0.2, -0.15) is 0 Å². The molecule has 1 amide bonds. The van der Waals surface area contributed by atoms with Crippen molar-refractivity contribution < 1.29 is 4.79 Å². The molecule has 0 bridgehead atoms. The van der Waals surface area contributed by atoms with Crippen LogP contribution in [0, 0.1) is 5.92 Å². The zero-order valence-corrected chi connectivity index (χ0v) is 15.9. The first kappa shape index (κ1) is 20.5. The number of nitrogens with two attached hydrogens (primary N) is 1. The molecule has 5 nitrogen and oxygen atoms in total. The molecule has 1 heterocycles. The smallest absolute Gasteiger partial charge is 0.252 e. The van der Waals surface area contributed by atoms with Crippen molar-refractivity contribution in [1.29, 1.82) is 0 Å². The lowest BCUT2D eigenvalue weighted by atomic mass is 10.0. The molecular formula is C19H23Cl2N3O2. The summed E-state index contributed by atoms with van der Waals surface area (Å²) < 4.78 is 1.51. The Morgan fingerprint density at radius 3 is 2.73 bits per heavy atom.